The molecule has 2 rings (SSSR count). The second-order valence-electron chi connectivity index (χ2n) is 5.03. The van der Waals surface area contributed by atoms with Crippen LogP contribution in [0.3, 0.4) is 0 Å². The largest absolute Gasteiger partial charge is 0.394 e. The molecule has 0 saturated carbocycles. The van der Waals surface area contributed by atoms with Crippen LogP contribution in [0.5, 0.6) is 0 Å². The Kier molecular flexibility index (Phi) is 5.52. The van der Waals surface area contributed by atoms with E-state index in [0.29, 0.717) is 38.4 Å². The first-order valence-electron chi connectivity index (χ1n) is 7.19. The van der Waals surface area contributed by atoms with Gasteiger partial charge in [-0.25, -0.2) is 4.39 Å². The number of hydrogen-bond donors (Lipinski definition) is 2. The third kappa shape index (κ3) is 3.92. The van der Waals surface area contributed by atoms with Crippen LogP contribution in [0.1, 0.15) is 23.7 Å². The third-order valence-corrected chi connectivity index (χ3v) is 3.61. The number of halogens is 1. The molecule has 1 atom stereocenters. The molecule has 1 aliphatic rings. The zero-order valence-corrected chi connectivity index (χ0v) is 12.1. The first kappa shape index (κ1) is 15.7. The molecule has 0 aliphatic carbocycles. The quantitative estimate of drug-likeness (QED) is 0.856. The monoisotopic (exact) mass is 296 g/mol. The van der Waals surface area contributed by atoms with Crippen LogP contribution < -0.4 is 10.2 Å². The Morgan fingerprint density at radius 1 is 1.48 bits per heavy atom. The van der Waals surface area contributed by atoms with Gasteiger partial charge in [0.2, 0.25) is 0 Å². The minimum absolute atomic E-state index is 0.128. The van der Waals surface area contributed by atoms with Crippen molar-refractivity contribution < 1.29 is 19.0 Å². The third-order valence-electron chi connectivity index (χ3n) is 3.61. The standard InChI is InChI=1S/C15H21FN2O3/c1-2-12(10-19)17-15(20)11-3-4-14(13(16)9-11)18-5-7-21-8-6-18/h3-4,9,12,19H,2,5-8,10H2,1H3,(H,17,20). The van der Waals surface area contributed by atoms with E-state index in [2.05, 4.69) is 5.32 Å². The van der Waals surface area contributed by atoms with Crippen molar-refractivity contribution in [1.29, 1.82) is 0 Å². The van der Waals surface area contributed by atoms with Gasteiger partial charge in [0.05, 0.1) is 31.5 Å². The number of benzene rings is 1. The summed E-state index contributed by atoms with van der Waals surface area (Å²) in [5.74, 6) is -0.787. The van der Waals surface area contributed by atoms with Crippen LogP contribution in [0.2, 0.25) is 0 Å². The van der Waals surface area contributed by atoms with E-state index >= 15 is 0 Å². The maximum atomic E-state index is 14.2. The number of carbonyl (C=O) groups excluding carboxylic acids is 1. The van der Waals surface area contributed by atoms with Crippen LogP contribution >= 0.6 is 0 Å². The van der Waals surface area contributed by atoms with E-state index in [4.69, 9.17) is 9.84 Å². The lowest BCUT2D eigenvalue weighted by molar-refractivity contribution is 0.0914. The van der Waals surface area contributed by atoms with Gasteiger partial charge in [-0.2, -0.15) is 0 Å². The molecule has 0 aromatic heterocycles. The van der Waals surface area contributed by atoms with Crippen molar-refractivity contribution in [1.82, 2.24) is 5.32 Å². The number of rotatable bonds is 5. The molecule has 6 heteroatoms. The molecule has 2 N–H and O–H groups in total. The Bertz CT molecular complexity index is 486. The van der Waals surface area contributed by atoms with Gasteiger partial charge in [0.1, 0.15) is 5.82 Å². The number of hydrogen-bond acceptors (Lipinski definition) is 4. The fourth-order valence-electron chi connectivity index (χ4n) is 2.25. The summed E-state index contributed by atoms with van der Waals surface area (Å²) in [4.78, 5) is 13.9. The van der Waals surface area contributed by atoms with Gasteiger partial charge in [0, 0.05) is 18.7 Å². The van der Waals surface area contributed by atoms with Gasteiger partial charge in [0.15, 0.2) is 0 Å². The molecule has 1 unspecified atom stereocenters. The Morgan fingerprint density at radius 2 is 2.19 bits per heavy atom. The number of anilines is 1. The second-order valence-corrected chi connectivity index (χ2v) is 5.03. The predicted octanol–water partition coefficient (Wildman–Crippen LogP) is 1.16. The maximum Gasteiger partial charge on any atom is 0.251 e. The smallest absolute Gasteiger partial charge is 0.251 e. The van der Waals surface area contributed by atoms with Crippen molar-refractivity contribution in [3.05, 3.63) is 29.6 Å². The van der Waals surface area contributed by atoms with Gasteiger partial charge in [0.25, 0.3) is 5.91 Å². The van der Waals surface area contributed by atoms with Crippen LogP contribution in [0.25, 0.3) is 0 Å². The highest BCUT2D eigenvalue weighted by Gasteiger charge is 2.17. The van der Waals surface area contributed by atoms with E-state index < -0.39 is 5.82 Å². The minimum atomic E-state index is -0.415. The normalized spacial score (nSPS) is 16.6. The summed E-state index contributed by atoms with van der Waals surface area (Å²) in [5.41, 5.74) is 0.750. The van der Waals surface area contributed by atoms with Crippen LogP contribution in [0.15, 0.2) is 18.2 Å². The number of aliphatic hydroxyl groups is 1. The number of amides is 1. The van der Waals surface area contributed by atoms with Crippen LogP contribution in [-0.2, 0) is 4.74 Å². The molecule has 21 heavy (non-hydrogen) atoms. The van der Waals surface area contributed by atoms with E-state index in [-0.39, 0.29) is 24.1 Å². The first-order valence-corrected chi connectivity index (χ1v) is 7.19. The number of aliphatic hydroxyl groups excluding tert-OH is 1. The second kappa shape index (κ2) is 7.38. The van der Waals surface area contributed by atoms with Crippen molar-refractivity contribution in [2.45, 2.75) is 19.4 Å². The van der Waals surface area contributed by atoms with Gasteiger partial charge in [-0.1, -0.05) is 6.92 Å². The zero-order chi connectivity index (χ0) is 15.2. The van der Waals surface area contributed by atoms with Crippen molar-refractivity contribution in [3.63, 3.8) is 0 Å². The molecule has 1 amide bonds. The molecular weight excluding hydrogens is 275 g/mol. The highest BCUT2D eigenvalue weighted by Crippen LogP contribution is 2.21. The molecule has 0 spiro atoms. The highest BCUT2D eigenvalue weighted by atomic mass is 19.1. The Labute approximate surface area is 123 Å². The summed E-state index contributed by atoms with van der Waals surface area (Å²) < 4.78 is 19.4. The summed E-state index contributed by atoms with van der Waals surface area (Å²) in [6.07, 6.45) is 0.622. The fourth-order valence-corrected chi connectivity index (χ4v) is 2.25. The van der Waals surface area contributed by atoms with Crippen LogP contribution in [0, 0.1) is 5.82 Å². The van der Waals surface area contributed by atoms with Crippen molar-refractivity contribution >= 4 is 11.6 Å². The first-order chi connectivity index (χ1) is 10.2. The molecular formula is C15H21FN2O3. The molecule has 116 valence electrons. The van der Waals surface area contributed by atoms with E-state index in [9.17, 15) is 9.18 Å². The molecule has 0 bridgehead atoms. The van der Waals surface area contributed by atoms with E-state index in [1.54, 1.807) is 12.1 Å². The number of nitrogens with zero attached hydrogens (tertiary/aromatic N) is 1. The summed E-state index contributed by atoms with van der Waals surface area (Å²) in [6.45, 7) is 4.18. The van der Waals surface area contributed by atoms with E-state index in [1.165, 1.54) is 6.07 Å². The lowest BCUT2D eigenvalue weighted by Gasteiger charge is -2.29. The van der Waals surface area contributed by atoms with Gasteiger partial charge >= 0.3 is 0 Å². The van der Waals surface area contributed by atoms with E-state index in [0.717, 1.165) is 0 Å². The van der Waals surface area contributed by atoms with Crippen molar-refractivity contribution in [3.8, 4) is 0 Å². The lowest BCUT2D eigenvalue weighted by Crippen LogP contribution is -2.38. The molecule has 5 nitrogen and oxygen atoms in total. The minimum Gasteiger partial charge on any atom is -0.394 e. The number of morpholine rings is 1. The van der Waals surface area contributed by atoms with Gasteiger partial charge in [-0.3, -0.25) is 4.79 Å². The Morgan fingerprint density at radius 3 is 2.76 bits per heavy atom. The lowest BCUT2D eigenvalue weighted by atomic mass is 10.1. The molecule has 0 radical (unpaired) electrons. The summed E-state index contributed by atoms with van der Waals surface area (Å²) >= 11 is 0. The van der Waals surface area contributed by atoms with Crippen LogP contribution in [0.4, 0.5) is 10.1 Å². The number of carbonyl (C=O) groups is 1. The highest BCUT2D eigenvalue weighted by molar-refractivity contribution is 5.94. The topological polar surface area (TPSA) is 61.8 Å². The van der Waals surface area contributed by atoms with Gasteiger partial charge in [-0.15, -0.1) is 0 Å². The molecule has 1 aromatic carbocycles. The summed E-state index contributed by atoms with van der Waals surface area (Å²) in [6, 6.07) is 4.16. The van der Waals surface area contributed by atoms with Gasteiger partial charge in [-0.05, 0) is 24.6 Å². The van der Waals surface area contributed by atoms with Crippen molar-refractivity contribution in [2.24, 2.45) is 0 Å². The Hall–Kier alpha value is -1.66. The van der Waals surface area contributed by atoms with Crippen LogP contribution in [-0.4, -0.2) is 50.0 Å². The molecule has 1 heterocycles. The average molecular weight is 296 g/mol. The Balaban J connectivity index is 2.09. The van der Waals surface area contributed by atoms with Crippen molar-refractivity contribution in [2.75, 3.05) is 37.8 Å². The SMILES string of the molecule is CCC(CO)NC(=O)c1ccc(N2CCOCC2)c(F)c1. The zero-order valence-electron chi connectivity index (χ0n) is 12.1. The van der Waals surface area contributed by atoms with E-state index in [1.807, 2.05) is 11.8 Å². The maximum absolute atomic E-state index is 14.2. The average Bonchev–Trinajstić information content (AvgIpc) is 2.53. The number of ether oxygens (including phenoxy) is 1. The molecule has 1 fully saturated rings. The fraction of sp³-hybridized carbons (Fsp3) is 0.533. The molecule has 1 aliphatic heterocycles. The summed E-state index contributed by atoms with van der Waals surface area (Å²) in [5, 5.41) is 11.8. The molecule has 1 aromatic rings. The summed E-state index contributed by atoms with van der Waals surface area (Å²) in [7, 11) is 0. The number of nitrogens with one attached hydrogen (secondary N) is 1. The molecule has 1 saturated heterocycles. The predicted molar refractivity (Wildman–Crippen MR) is 78.1 cm³/mol. The van der Waals surface area contributed by atoms with Gasteiger partial charge < -0.3 is 20.1 Å².